The normalized spacial score (nSPS) is 18.0. The number of aromatic nitrogens is 2. The molecule has 6 heteroatoms. The van der Waals surface area contributed by atoms with Gasteiger partial charge in [0.1, 0.15) is 11.6 Å². The van der Waals surface area contributed by atoms with Gasteiger partial charge in [0.25, 0.3) is 0 Å². The summed E-state index contributed by atoms with van der Waals surface area (Å²) in [5.74, 6) is 7.66. The number of hydrazine groups is 1. The molecule has 1 atom stereocenters. The van der Waals surface area contributed by atoms with Crippen LogP contribution < -0.4 is 16.2 Å². The van der Waals surface area contributed by atoms with E-state index in [4.69, 9.17) is 5.84 Å². The molecule has 0 radical (unpaired) electrons. The van der Waals surface area contributed by atoms with Crippen molar-refractivity contribution in [3.05, 3.63) is 42.0 Å². The number of rotatable bonds is 4. The smallest absolute Gasteiger partial charge is 0.191 e. The average molecular weight is 301 g/mol. The van der Waals surface area contributed by atoms with Crippen molar-refractivity contribution < 1.29 is 0 Å². The van der Waals surface area contributed by atoms with Gasteiger partial charge in [-0.15, -0.1) is 0 Å². The van der Waals surface area contributed by atoms with Crippen molar-refractivity contribution in [3.63, 3.8) is 0 Å². The van der Waals surface area contributed by atoms with E-state index >= 15 is 0 Å². The van der Waals surface area contributed by atoms with Crippen molar-refractivity contribution in [3.8, 4) is 0 Å². The van der Waals surface area contributed by atoms with Gasteiger partial charge in [-0.05, 0) is 18.2 Å². The van der Waals surface area contributed by atoms with E-state index in [1.165, 1.54) is 17.3 Å². The van der Waals surface area contributed by atoms with Crippen molar-refractivity contribution in [1.29, 1.82) is 0 Å². The Labute approximate surface area is 128 Å². The highest BCUT2D eigenvalue weighted by Gasteiger charge is 2.25. The monoisotopic (exact) mass is 301 g/mol. The van der Waals surface area contributed by atoms with Crippen LogP contribution in [0.15, 0.2) is 41.6 Å². The van der Waals surface area contributed by atoms with E-state index in [0.717, 1.165) is 30.5 Å². The first-order valence-corrected chi connectivity index (χ1v) is 8.22. The topological polar surface area (TPSA) is 67.1 Å². The lowest BCUT2D eigenvalue weighted by molar-refractivity contribution is 0.773. The summed E-state index contributed by atoms with van der Waals surface area (Å²) >= 11 is 1.52. The maximum absolute atomic E-state index is 5.49. The highest BCUT2D eigenvalue weighted by atomic mass is 32.2. The van der Waals surface area contributed by atoms with E-state index < -0.39 is 0 Å². The molecule has 2 aromatic rings. The van der Waals surface area contributed by atoms with Crippen LogP contribution in [0.2, 0.25) is 0 Å². The SMILES string of the molecule is CSc1nc(NN)cc(N2CCC(c3ccccc3)C2)n1. The van der Waals surface area contributed by atoms with Gasteiger partial charge in [0.15, 0.2) is 5.16 Å². The minimum atomic E-state index is 0.563. The summed E-state index contributed by atoms with van der Waals surface area (Å²) in [6.45, 7) is 1.99. The number of hydrogen-bond acceptors (Lipinski definition) is 6. The highest BCUT2D eigenvalue weighted by Crippen LogP contribution is 2.31. The molecule has 1 aromatic carbocycles. The number of nitrogens with two attached hydrogens (primary N) is 1. The zero-order valence-electron chi connectivity index (χ0n) is 12.0. The Kier molecular flexibility index (Phi) is 4.26. The average Bonchev–Trinajstić information content (AvgIpc) is 3.05. The number of thioether (sulfide) groups is 1. The third-order valence-corrected chi connectivity index (χ3v) is 4.35. The van der Waals surface area contributed by atoms with Crippen LogP contribution in [-0.2, 0) is 0 Å². The van der Waals surface area contributed by atoms with E-state index in [-0.39, 0.29) is 0 Å². The largest absolute Gasteiger partial charge is 0.356 e. The summed E-state index contributed by atoms with van der Waals surface area (Å²) in [6, 6.07) is 12.6. The third-order valence-electron chi connectivity index (χ3n) is 3.81. The van der Waals surface area contributed by atoms with E-state index in [1.54, 1.807) is 0 Å². The molecule has 0 spiro atoms. The first-order valence-electron chi connectivity index (χ1n) is 6.99. The summed E-state index contributed by atoms with van der Waals surface area (Å²) in [6.07, 6.45) is 3.12. The summed E-state index contributed by atoms with van der Waals surface area (Å²) in [4.78, 5) is 11.2. The minimum Gasteiger partial charge on any atom is -0.356 e. The van der Waals surface area contributed by atoms with Gasteiger partial charge in [-0.1, -0.05) is 42.1 Å². The molecule has 0 amide bonds. The Morgan fingerprint density at radius 2 is 2.10 bits per heavy atom. The van der Waals surface area contributed by atoms with E-state index in [2.05, 4.69) is 50.6 Å². The lowest BCUT2D eigenvalue weighted by Crippen LogP contribution is -2.21. The van der Waals surface area contributed by atoms with Crippen molar-refractivity contribution in [2.45, 2.75) is 17.5 Å². The fraction of sp³-hybridized carbons (Fsp3) is 0.333. The van der Waals surface area contributed by atoms with Crippen LogP contribution >= 0.6 is 11.8 Å². The maximum atomic E-state index is 5.49. The molecule has 1 aromatic heterocycles. The third kappa shape index (κ3) is 3.11. The van der Waals surface area contributed by atoms with Gasteiger partial charge in [0.05, 0.1) is 0 Å². The van der Waals surface area contributed by atoms with Crippen LogP contribution in [0.3, 0.4) is 0 Å². The molecular formula is C15H19N5S. The number of anilines is 2. The summed E-state index contributed by atoms with van der Waals surface area (Å²) in [5, 5.41) is 0.739. The lowest BCUT2D eigenvalue weighted by atomic mass is 9.99. The molecule has 3 N–H and O–H groups in total. The lowest BCUT2D eigenvalue weighted by Gasteiger charge is -2.19. The van der Waals surface area contributed by atoms with Crippen molar-refractivity contribution in [2.24, 2.45) is 5.84 Å². The van der Waals surface area contributed by atoms with Gasteiger partial charge < -0.3 is 10.3 Å². The summed E-state index contributed by atoms with van der Waals surface area (Å²) in [7, 11) is 0. The number of nitrogens with one attached hydrogen (secondary N) is 1. The molecule has 0 saturated carbocycles. The van der Waals surface area contributed by atoms with Crippen molar-refractivity contribution in [1.82, 2.24) is 9.97 Å². The first kappa shape index (κ1) is 14.2. The van der Waals surface area contributed by atoms with Gasteiger partial charge in [0, 0.05) is 25.1 Å². The second-order valence-electron chi connectivity index (χ2n) is 5.08. The zero-order chi connectivity index (χ0) is 14.7. The number of nitrogens with zero attached hydrogens (tertiary/aromatic N) is 3. The van der Waals surface area contributed by atoms with Crippen molar-refractivity contribution in [2.75, 3.05) is 29.7 Å². The molecule has 3 rings (SSSR count). The molecular weight excluding hydrogens is 282 g/mol. The molecule has 0 bridgehead atoms. The number of hydrogen-bond donors (Lipinski definition) is 2. The number of nitrogen functional groups attached to an aromatic ring is 1. The van der Waals surface area contributed by atoms with Gasteiger partial charge in [-0.3, -0.25) is 0 Å². The fourth-order valence-electron chi connectivity index (χ4n) is 2.71. The maximum Gasteiger partial charge on any atom is 0.191 e. The Hall–Kier alpha value is -1.79. The van der Waals surface area contributed by atoms with Gasteiger partial charge in [-0.25, -0.2) is 15.8 Å². The molecule has 1 aliphatic heterocycles. The second kappa shape index (κ2) is 6.32. The Morgan fingerprint density at radius 1 is 1.29 bits per heavy atom. The quantitative estimate of drug-likeness (QED) is 0.391. The molecule has 2 heterocycles. The minimum absolute atomic E-state index is 0.563. The second-order valence-corrected chi connectivity index (χ2v) is 5.86. The highest BCUT2D eigenvalue weighted by molar-refractivity contribution is 7.98. The Bertz CT molecular complexity index is 582. The van der Waals surface area contributed by atoms with Crippen LogP contribution in [-0.4, -0.2) is 29.3 Å². The van der Waals surface area contributed by atoms with Gasteiger partial charge in [0.2, 0.25) is 0 Å². The Balaban J connectivity index is 1.80. The molecule has 0 aliphatic carbocycles. The fourth-order valence-corrected chi connectivity index (χ4v) is 3.08. The molecule has 1 aliphatic rings. The standard InChI is InChI=1S/C15H19N5S/c1-21-15-17-13(19-16)9-14(18-15)20-8-7-12(10-20)11-5-3-2-4-6-11/h2-6,9,12H,7-8,10,16H2,1H3,(H,17,18,19). The van der Waals surface area contributed by atoms with E-state index in [1.807, 2.05) is 12.3 Å². The van der Waals surface area contributed by atoms with E-state index in [9.17, 15) is 0 Å². The van der Waals surface area contributed by atoms with Crippen LogP contribution in [0, 0.1) is 0 Å². The molecule has 110 valence electrons. The predicted octanol–water partition coefficient (Wildman–Crippen LogP) is 2.48. The Morgan fingerprint density at radius 3 is 2.81 bits per heavy atom. The molecule has 1 unspecified atom stereocenters. The molecule has 1 fully saturated rings. The molecule has 1 saturated heterocycles. The summed E-state index contributed by atoms with van der Waals surface area (Å²) < 4.78 is 0. The van der Waals surface area contributed by atoms with Gasteiger partial charge in [-0.2, -0.15) is 0 Å². The van der Waals surface area contributed by atoms with E-state index in [0.29, 0.717) is 11.7 Å². The van der Waals surface area contributed by atoms with Crippen LogP contribution in [0.4, 0.5) is 11.6 Å². The van der Waals surface area contributed by atoms with Crippen molar-refractivity contribution >= 4 is 23.4 Å². The first-order chi connectivity index (χ1) is 10.3. The van der Waals surface area contributed by atoms with Gasteiger partial charge >= 0.3 is 0 Å². The number of benzene rings is 1. The predicted molar refractivity (Wildman–Crippen MR) is 87.6 cm³/mol. The molecule has 5 nitrogen and oxygen atoms in total. The van der Waals surface area contributed by atoms with Crippen LogP contribution in [0.25, 0.3) is 0 Å². The van der Waals surface area contributed by atoms with Crippen LogP contribution in [0.1, 0.15) is 17.9 Å². The van der Waals surface area contributed by atoms with Crippen LogP contribution in [0.5, 0.6) is 0 Å². The summed E-state index contributed by atoms with van der Waals surface area (Å²) in [5.41, 5.74) is 4.02. The molecule has 21 heavy (non-hydrogen) atoms. The zero-order valence-corrected chi connectivity index (χ0v) is 12.8.